The van der Waals surface area contributed by atoms with E-state index in [0.29, 0.717) is 16.4 Å². The van der Waals surface area contributed by atoms with Crippen molar-refractivity contribution < 1.29 is 9.32 Å². The number of amides is 1. The molecule has 3 heterocycles. The topological polar surface area (TPSA) is 68.0 Å². The second kappa shape index (κ2) is 8.30. The summed E-state index contributed by atoms with van der Waals surface area (Å²) in [5.41, 5.74) is 3.47. The summed E-state index contributed by atoms with van der Waals surface area (Å²) in [4.78, 5) is 19.4. The number of anilines is 1. The van der Waals surface area contributed by atoms with E-state index in [9.17, 15) is 4.79 Å². The molecule has 4 rings (SSSR count). The largest absolute Gasteiger partial charge is 0.361 e. The zero-order valence-electron chi connectivity index (χ0n) is 15.3. The van der Waals surface area contributed by atoms with Crippen molar-refractivity contribution in [1.29, 1.82) is 0 Å². The first kappa shape index (κ1) is 18.9. The van der Waals surface area contributed by atoms with Gasteiger partial charge < -0.3 is 4.52 Å². The van der Waals surface area contributed by atoms with Crippen molar-refractivity contribution in [1.82, 2.24) is 10.1 Å². The maximum atomic E-state index is 12.8. The Morgan fingerprint density at radius 3 is 2.79 bits per heavy atom. The fourth-order valence-corrected chi connectivity index (χ4v) is 5.34. The monoisotopic (exact) mass is 427 g/mol. The Kier molecular flexibility index (Phi) is 5.61. The predicted molar refractivity (Wildman–Crippen MR) is 115 cm³/mol. The number of hydrogen-bond acceptors (Lipinski definition) is 7. The minimum atomic E-state index is -0.158. The standard InChI is InChI=1S/C20H17N3O2S3/c1-12-15(13(2)25-23-12)10-27-17-7-4-3-6-14(17)19(24)22-20-21-16(11-28-20)18-8-5-9-26-18/h3-9,11H,10H2,1-2H3,(H,21,22,24). The van der Waals surface area contributed by atoms with Crippen molar-refractivity contribution in [3.05, 3.63) is 69.7 Å². The fourth-order valence-electron chi connectivity index (χ4n) is 2.67. The van der Waals surface area contributed by atoms with Crippen molar-refractivity contribution >= 4 is 45.5 Å². The van der Waals surface area contributed by atoms with Gasteiger partial charge in [-0.25, -0.2) is 4.98 Å². The van der Waals surface area contributed by atoms with E-state index in [1.54, 1.807) is 23.1 Å². The molecule has 0 spiro atoms. The second-order valence-electron chi connectivity index (χ2n) is 6.06. The molecule has 0 bridgehead atoms. The number of nitrogens with zero attached hydrogens (tertiary/aromatic N) is 2. The average molecular weight is 428 g/mol. The van der Waals surface area contributed by atoms with Crippen LogP contribution in [0.3, 0.4) is 0 Å². The average Bonchev–Trinajstić information content (AvgIpc) is 3.43. The van der Waals surface area contributed by atoms with Crippen LogP contribution in [0.1, 0.15) is 27.4 Å². The summed E-state index contributed by atoms with van der Waals surface area (Å²) >= 11 is 4.66. The van der Waals surface area contributed by atoms with Crippen molar-refractivity contribution in [2.24, 2.45) is 0 Å². The van der Waals surface area contributed by atoms with E-state index >= 15 is 0 Å². The van der Waals surface area contributed by atoms with Gasteiger partial charge in [0.2, 0.25) is 0 Å². The maximum absolute atomic E-state index is 12.8. The molecule has 0 atom stereocenters. The number of carbonyl (C=O) groups excluding carboxylic acids is 1. The summed E-state index contributed by atoms with van der Waals surface area (Å²) in [6.45, 7) is 3.83. The quantitative estimate of drug-likeness (QED) is 0.381. The minimum Gasteiger partial charge on any atom is -0.361 e. The van der Waals surface area contributed by atoms with E-state index in [1.807, 2.05) is 61.0 Å². The molecule has 1 N–H and O–H groups in total. The van der Waals surface area contributed by atoms with Crippen LogP contribution in [0, 0.1) is 13.8 Å². The number of aryl methyl sites for hydroxylation is 2. The van der Waals surface area contributed by atoms with Gasteiger partial charge in [0.25, 0.3) is 5.91 Å². The van der Waals surface area contributed by atoms with E-state index < -0.39 is 0 Å². The van der Waals surface area contributed by atoms with Crippen LogP contribution < -0.4 is 5.32 Å². The molecule has 0 aliphatic rings. The summed E-state index contributed by atoms with van der Waals surface area (Å²) in [7, 11) is 0. The van der Waals surface area contributed by atoms with Gasteiger partial charge in [0.15, 0.2) is 5.13 Å². The van der Waals surface area contributed by atoms with Gasteiger partial charge in [0.05, 0.1) is 21.8 Å². The maximum Gasteiger partial charge on any atom is 0.258 e. The first-order chi connectivity index (χ1) is 13.6. The molecular formula is C20H17N3O2S3. The molecule has 0 aliphatic carbocycles. The van der Waals surface area contributed by atoms with Crippen LogP contribution in [0.4, 0.5) is 5.13 Å². The molecule has 1 aromatic carbocycles. The van der Waals surface area contributed by atoms with Crippen LogP contribution in [0.5, 0.6) is 0 Å². The SMILES string of the molecule is Cc1noc(C)c1CSc1ccccc1C(=O)Nc1nc(-c2cccs2)cs1. The first-order valence-corrected chi connectivity index (χ1v) is 11.3. The van der Waals surface area contributed by atoms with Crippen LogP contribution >= 0.6 is 34.4 Å². The summed E-state index contributed by atoms with van der Waals surface area (Å²) in [6.07, 6.45) is 0. The van der Waals surface area contributed by atoms with Crippen LogP contribution in [-0.4, -0.2) is 16.0 Å². The van der Waals surface area contributed by atoms with Gasteiger partial charge in [-0.05, 0) is 37.4 Å². The Labute approximate surface area is 174 Å². The Morgan fingerprint density at radius 1 is 1.18 bits per heavy atom. The van der Waals surface area contributed by atoms with Crippen molar-refractivity contribution in [3.63, 3.8) is 0 Å². The van der Waals surface area contributed by atoms with Gasteiger partial charge in [-0.1, -0.05) is 23.4 Å². The smallest absolute Gasteiger partial charge is 0.258 e. The van der Waals surface area contributed by atoms with Crippen molar-refractivity contribution in [3.8, 4) is 10.6 Å². The summed E-state index contributed by atoms with van der Waals surface area (Å²) in [5, 5.41) is 11.5. The lowest BCUT2D eigenvalue weighted by Crippen LogP contribution is -2.12. The van der Waals surface area contributed by atoms with Gasteiger partial charge >= 0.3 is 0 Å². The molecule has 0 unspecified atom stereocenters. The van der Waals surface area contributed by atoms with Crippen LogP contribution in [0.2, 0.25) is 0 Å². The van der Waals surface area contributed by atoms with Gasteiger partial charge in [0.1, 0.15) is 5.76 Å². The molecule has 1 amide bonds. The van der Waals surface area contributed by atoms with Gasteiger partial charge in [-0.2, -0.15) is 0 Å². The lowest BCUT2D eigenvalue weighted by atomic mass is 10.2. The zero-order chi connectivity index (χ0) is 19.5. The van der Waals surface area contributed by atoms with E-state index in [1.165, 1.54) is 11.3 Å². The third-order valence-electron chi connectivity index (χ3n) is 4.18. The van der Waals surface area contributed by atoms with Crippen LogP contribution in [-0.2, 0) is 5.75 Å². The summed E-state index contributed by atoms with van der Waals surface area (Å²) < 4.78 is 5.22. The highest BCUT2D eigenvalue weighted by Crippen LogP contribution is 2.31. The molecule has 3 aromatic heterocycles. The first-order valence-electron chi connectivity index (χ1n) is 8.56. The fraction of sp³-hybridized carbons (Fsp3) is 0.150. The summed E-state index contributed by atoms with van der Waals surface area (Å²) in [5.74, 6) is 1.36. The second-order valence-corrected chi connectivity index (χ2v) is 8.88. The Balaban J connectivity index is 1.49. The third-order valence-corrected chi connectivity index (χ3v) is 6.93. The van der Waals surface area contributed by atoms with Gasteiger partial charge in [-0.3, -0.25) is 10.1 Å². The number of aromatic nitrogens is 2. The molecule has 0 aliphatic heterocycles. The van der Waals surface area contributed by atoms with Gasteiger partial charge in [-0.15, -0.1) is 34.4 Å². The lowest BCUT2D eigenvalue weighted by Gasteiger charge is -2.08. The van der Waals surface area contributed by atoms with E-state index in [-0.39, 0.29) is 5.91 Å². The number of rotatable bonds is 6. The molecule has 5 nitrogen and oxygen atoms in total. The molecule has 8 heteroatoms. The van der Waals surface area contributed by atoms with E-state index in [4.69, 9.17) is 4.52 Å². The highest BCUT2D eigenvalue weighted by molar-refractivity contribution is 7.98. The summed E-state index contributed by atoms with van der Waals surface area (Å²) in [6, 6.07) is 11.6. The number of thioether (sulfide) groups is 1. The molecule has 0 saturated carbocycles. The minimum absolute atomic E-state index is 0.158. The number of carbonyl (C=O) groups is 1. The number of hydrogen-bond donors (Lipinski definition) is 1. The Bertz CT molecular complexity index is 1080. The zero-order valence-corrected chi connectivity index (χ0v) is 17.7. The number of thiophene rings is 1. The number of thiazole rings is 1. The van der Waals surface area contributed by atoms with Crippen molar-refractivity contribution in [2.75, 3.05) is 5.32 Å². The van der Waals surface area contributed by atoms with E-state index in [0.717, 1.165) is 32.5 Å². The van der Waals surface area contributed by atoms with Gasteiger partial charge in [0, 0.05) is 21.6 Å². The molecule has 0 fully saturated rings. The third kappa shape index (κ3) is 4.04. The molecular weight excluding hydrogens is 410 g/mol. The number of nitrogens with one attached hydrogen (secondary N) is 1. The molecule has 142 valence electrons. The Morgan fingerprint density at radius 2 is 2.04 bits per heavy atom. The normalized spacial score (nSPS) is 10.9. The lowest BCUT2D eigenvalue weighted by molar-refractivity contribution is 0.102. The van der Waals surface area contributed by atoms with Crippen LogP contribution in [0.15, 0.2) is 56.6 Å². The molecule has 0 radical (unpaired) electrons. The molecule has 28 heavy (non-hydrogen) atoms. The highest BCUT2D eigenvalue weighted by atomic mass is 32.2. The highest BCUT2D eigenvalue weighted by Gasteiger charge is 2.16. The predicted octanol–water partition coefficient (Wildman–Crippen LogP) is 6.02. The van der Waals surface area contributed by atoms with E-state index in [2.05, 4.69) is 15.5 Å². The van der Waals surface area contributed by atoms with Crippen LogP contribution in [0.25, 0.3) is 10.6 Å². The number of benzene rings is 1. The molecule has 4 aromatic rings. The Hall–Kier alpha value is -2.42. The molecule has 0 saturated heterocycles. The van der Waals surface area contributed by atoms with Crippen molar-refractivity contribution in [2.45, 2.75) is 24.5 Å².